The minimum absolute atomic E-state index is 0.512. The second-order valence-corrected chi connectivity index (χ2v) is 6.47. The van der Waals surface area contributed by atoms with Crippen LogP contribution in [0.5, 0.6) is 0 Å². The molecule has 5 heteroatoms. The molecule has 1 N–H and O–H groups in total. The number of hydrogen-bond donors (Lipinski definition) is 1. The minimum Gasteiger partial charge on any atom is -0.383 e. The Morgan fingerprint density at radius 2 is 2.26 bits per heavy atom. The molecule has 0 radical (unpaired) electrons. The first-order valence-electron chi connectivity index (χ1n) is 7.26. The van der Waals surface area contributed by atoms with Crippen LogP contribution in [-0.2, 0) is 11.2 Å². The van der Waals surface area contributed by atoms with Gasteiger partial charge in [0.1, 0.15) is 0 Å². The molecule has 0 amide bonds. The maximum atomic E-state index is 5.24. The summed E-state index contributed by atoms with van der Waals surface area (Å²) in [5.41, 5.74) is 1.33. The Kier molecular flexibility index (Phi) is 4.05. The van der Waals surface area contributed by atoms with E-state index in [1.807, 2.05) is 11.3 Å². The van der Waals surface area contributed by atoms with Crippen molar-refractivity contribution < 1.29 is 4.74 Å². The number of fused-ring (bicyclic) bond motifs is 1. The van der Waals surface area contributed by atoms with E-state index >= 15 is 0 Å². The smallest absolute Gasteiger partial charge is 0.186 e. The van der Waals surface area contributed by atoms with E-state index in [1.54, 1.807) is 7.11 Å². The molecule has 0 bridgehead atoms. The van der Waals surface area contributed by atoms with Gasteiger partial charge in [0.2, 0.25) is 0 Å². The molecule has 2 aliphatic rings. The highest BCUT2D eigenvalue weighted by Crippen LogP contribution is 2.40. The highest BCUT2D eigenvalue weighted by Gasteiger charge is 2.32. The molecule has 106 valence electrons. The van der Waals surface area contributed by atoms with Gasteiger partial charge >= 0.3 is 0 Å². The molecule has 0 aromatic carbocycles. The first-order chi connectivity index (χ1) is 9.33. The number of hydrogen-bond acceptors (Lipinski definition) is 5. The summed E-state index contributed by atoms with van der Waals surface area (Å²) in [5.74, 6) is 0. The highest BCUT2D eigenvalue weighted by molar-refractivity contribution is 7.15. The summed E-state index contributed by atoms with van der Waals surface area (Å²) in [7, 11) is 3.83. The zero-order valence-electron chi connectivity index (χ0n) is 11.8. The van der Waals surface area contributed by atoms with Crippen LogP contribution in [0.1, 0.15) is 42.3 Å². The molecule has 19 heavy (non-hydrogen) atoms. The lowest BCUT2D eigenvalue weighted by Gasteiger charge is -2.21. The van der Waals surface area contributed by atoms with Crippen LogP contribution in [0.4, 0.5) is 5.13 Å². The number of anilines is 1. The molecule has 1 heterocycles. The number of nitrogens with one attached hydrogen (secondary N) is 1. The van der Waals surface area contributed by atoms with E-state index in [4.69, 9.17) is 9.72 Å². The third-order valence-corrected chi connectivity index (χ3v) is 5.31. The summed E-state index contributed by atoms with van der Waals surface area (Å²) >= 11 is 1.89. The van der Waals surface area contributed by atoms with E-state index in [1.165, 1.54) is 41.4 Å². The fourth-order valence-corrected chi connectivity index (χ4v) is 4.17. The minimum atomic E-state index is 0.512. The van der Waals surface area contributed by atoms with Crippen molar-refractivity contribution in [3.63, 3.8) is 0 Å². The van der Waals surface area contributed by atoms with E-state index in [0.29, 0.717) is 12.1 Å². The van der Waals surface area contributed by atoms with Crippen LogP contribution in [0.3, 0.4) is 0 Å². The van der Waals surface area contributed by atoms with Crippen LogP contribution in [0.25, 0.3) is 0 Å². The first kappa shape index (κ1) is 13.3. The molecule has 1 aromatic rings. The molecule has 1 fully saturated rings. The average molecular weight is 281 g/mol. The second kappa shape index (κ2) is 5.77. The lowest BCUT2D eigenvalue weighted by Crippen LogP contribution is -2.29. The second-order valence-electron chi connectivity index (χ2n) is 5.46. The molecule has 1 saturated carbocycles. The van der Waals surface area contributed by atoms with E-state index in [9.17, 15) is 0 Å². The maximum Gasteiger partial charge on any atom is 0.186 e. The molecule has 0 spiro atoms. The number of ether oxygens (including phenoxy) is 1. The summed E-state index contributed by atoms with van der Waals surface area (Å²) in [6.45, 7) is 1.76. The van der Waals surface area contributed by atoms with E-state index in [-0.39, 0.29) is 0 Å². The predicted molar refractivity (Wildman–Crippen MR) is 79.1 cm³/mol. The fraction of sp³-hybridized carbons (Fsp3) is 0.786. The Labute approximate surface area is 119 Å². The molecule has 1 unspecified atom stereocenters. The van der Waals surface area contributed by atoms with Crippen molar-refractivity contribution in [3.8, 4) is 0 Å². The summed E-state index contributed by atoms with van der Waals surface area (Å²) in [6.07, 6.45) is 6.26. The van der Waals surface area contributed by atoms with Crippen LogP contribution in [0.15, 0.2) is 0 Å². The normalized spacial score (nSPS) is 22.3. The molecule has 3 rings (SSSR count). The molecule has 2 aliphatic carbocycles. The van der Waals surface area contributed by atoms with Gasteiger partial charge in [0.25, 0.3) is 0 Å². The van der Waals surface area contributed by atoms with Crippen molar-refractivity contribution in [2.24, 2.45) is 0 Å². The third kappa shape index (κ3) is 2.78. The van der Waals surface area contributed by atoms with E-state index in [0.717, 1.165) is 19.6 Å². The number of rotatable bonds is 6. The van der Waals surface area contributed by atoms with Crippen LogP contribution in [-0.4, -0.2) is 38.3 Å². The van der Waals surface area contributed by atoms with Crippen molar-refractivity contribution in [2.75, 3.05) is 32.2 Å². The zero-order chi connectivity index (χ0) is 13.2. The molecule has 4 nitrogen and oxygen atoms in total. The van der Waals surface area contributed by atoms with E-state index in [2.05, 4.69) is 17.3 Å². The average Bonchev–Trinajstić information content (AvgIpc) is 3.17. The Bertz CT molecular complexity index is 430. The molecular weight excluding hydrogens is 258 g/mol. The topological polar surface area (TPSA) is 37.4 Å². The first-order valence-corrected chi connectivity index (χ1v) is 8.07. The highest BCUT2D eigenvalue weighted by atomic mass is 32.1. The van der Waals surface area contributed by atoms with Gasteiger partial charge in [0.05, 0.1) is 12.3 Å². The summed E-state index contributed by atoms with van der Waals surface area (Å²) in [6, 6.07) is 1.22. The van der Waals surface area contributed by atoms with Gasteiger partial charge in [0, 0.05) is 30.6 Å². The molecule has 0 aliphatic heterocycles. The van der Waals surface area contributed by atoms with Crippen molar-refractivity contribution in [3.05, 3.63) is 10.6 Å². The number of nitrogens with zero attached hydrogens (tertiary/aromatic N) is 2. The van der Waals surface area contributed by atoms with Crippen LogP contribution >= 0.6 is 11.3 Å². The molecule has 1 atom stereocenters. The Morgan fingerprint density at radius 3 is 2.95 bits per heavy atom. The standard InChI is InChI=1S/C14H23N3OS/c1-15-11-4-3-5-12-13(11)19-14(16-12)17(8-9-18-2)10-6-7-10/h10-11,15H,3-9H2,1-2H3. The number of aromatic nitrogens is 1. The predicted octanol–water partition coefficient (Wildman–Crippen LogP) is 2.36. The Balaban J connectivity index is 1.81. The number of methoxy groups -OCH3 is 1. The zero-order valence-corrected chi connectivity index (χ0v) is 12.6. The number of aryl methyl sites for hydroxylation is 1. The SMILES string of the molecule is CNC1CCCc2nc(N(CCOC)C3CC3)sc21. The van der Waals surface area contributed by atoms with Gasteiger partial charge < -0.3 is 15.0 Å². The van der Waals surface area contributed by atoms with Crippen molar-refractivity contribution in [1.29, 1.82) is 0 Å². The van der Waals surface area contributed by atoms with Gasteiger partial charge in [-0.2, -0.15) is 0 Å². The molecule has 1 aromatic heterocycles. The largest absolute Gasteiger partial charge is 0.383 e. The Hall–Kier alpha value is -0.650. The lowest BCUT2D eigenvalue weighted by molar-refractivity contribution is 0.205. The van der Waals surface area contributed by atoms with E-state index < -0.39 is 0 Å². The van der Waals surface area contributed by atoms with Crippen molar-refractivity contribution in [1.82, 2.24) is 10.3 Å². The van der Waals surface area contributed by atoms with Crippen molar-refractivity contribution in [2.45, 2.75) is 44.2 Å². The Morgan fingerprint density at radius 1 is 1.42 bits per heavy atom. The van der Waals surface area contributed by atoms with Crippen molar-refractivity contribution >= 4 is 16.5 Å². The third-order valence-electron chi connectivity index (χ3n) is 4.06. The number of thiazole rings is 1. The molecule has 0 saturated heterocycles. The lowest BCUT2D eigenvalue weighted by atomic mass is 9.98. The van der Waals surface area contributed by atoms with Crippen LogP contribution in [0.2, 0.25) is 0 Å². The molecular formula is C14H23N3OS. The summed E-state index contributed by atoms with van der Waals surface area (Å²) in [5, 5.41) is 4.64. The quantitative estimate of drug-likeness (QED) is 0.868. The monoisotopic (exact) mass is 281 g/mol. The summed E-state index contributed by atoms with van der Waals surface area (Å²) < 4.78 is 5.24. The van der Waals surface area contributed by atoms with Gasteiger partial charge in [0.15, 0.2) is 5.13 Å². The van der Waals surface area contributed by atoms with Crippen LogP contribution in [0, 0.1) is 0 Å². The van der Waals surface area contributed by atoms with Gasteiger partial charge in [-0.1, -0.05) is 11.3 Å². The van der Waals surface area contributed by atoms with Crippen LogP contribution < -0.4 is 10.2 Å². The van der Waals surface area contributed by atoms with Gasteiger partial charge in [-0.05, 0) is 39.2 Å². The van der Waals surface area contributed by atoms with Gasteiger partial charge in [-0.15, -0.1) is 0 Å². The maximum absolute atomic E-state index is 5.24. The fourth-order valence-electron chi connectivity index (χ4n) is 2.82. The van der Waals surface area contributed by atoms with Gasteiger partial charge in [-0.3, -0.25) is 0 Å². The van der Waals surface area contributed by atoms with Gasteiger partial charge in [-0.25, -0.2) is 4.98 Å². The summed E-state index contributed by atoms with van der Waals surface area (Å²) in [4.78, 5) is 8.83.